The third-order valence-electron chi connectivity index (χ3n) is 3.07. The summed E-state index contributed by atoms with van der Waals surface area (Å²) in [6.07, 6.45) is 0. The van der Waals surface area contributed by atoms with Gasteiger partial charge in [0, 0.05) is 4.88 Å². The Bertz CT molecular complexity index is 470. The number of hydrogen-bond acceptors (Lipinski definition) is 4. The van der Waals surface area contributed by atoms with Gasteiger partial charge in [0.2, 0.25) is 11.8 Å². The molecule has 18 heavy (non-hydrogen) atoms. The standard InChI is InChI=1S/C12H17N3O2S/c1-7(2)11-12(17)15(5-10(16)14-11)4-9-8(3)13-6-18-9/h6-7,11H,4-5H2,1-3H3,(H,14,16). The van der Waals surface area contributed by atoms with Gasteiger partial charge in [-0.2, -0.15) is 0 Å². The Morgan fingerprint density at radius 2 is 2.28 bits per heavy atom. The number of amides is 2. The number of aromatic nitrogens is 1. The fourth-order valence-corrected chi connectivity index (χ4v) is 2.76. The second-order valence-electron chi connectivity index (χ2n) is 4.84. The molecule has 0 aromatic carbocycles. The molecule has 1 aliphatic rings. The summed E-state index contributed by atoms with van der Waals surface area (Å²) >= 11 is 1.52. The van der Waals surface area contributed by atoms with Crippen LogP contribution in [0.2, 0.25) is 0 Å². The minimum absolute atomic E-state index is 0.00241. The second-order valence-corrected chi connectivity index (χ2v) is 5.78. The third kappa shape index (κ3) is 2.53. The van der Waals surface area contributed by atoms with E-state index in [0.717, 1.165) is 10.6 Å². The van der Waals surface area contributed by atoms with Crippen molar-refractivity contribution in [2.75, 3.05) is 6.54 Å². The van der Waals surface area contributed by atoms with Gasteiger partial charge in [0.15, 0.2) is 0 Å². The minimum atomic E-state index is -0.403. The van der Waals surface area contributed by atoms with E-state index in [1.165, 1.54) is 11.3 Å². The summed E-state index contributed by atoms with van der Waals surface area (Å²) in [6, 6.07) is -0.403. The Morgan fingerprint density at radius 1 is 1.56 bits per heavy atom. The first-order valence-corrected chi connectivity index (χ1v) is 6.84. The molecule has 2 heterocycles. The highest BCUT2D eigenvalue weighted by Crippen LogP contribution is 2.18. The van der Waals surface area contributed by atoms with Crippen molar-refractivity contribution in [2.24, 2.45) is 5.92 Å². The minimum Gasteiger partial charge on any atom is -0.343 e. The van der Waals surface area contributed by atoms with Gasteiger partial charge in [-0.05, 0) is 12.8 Å². The first-order chi connectivity index (χ1) is 8.49. The molecule has 1 saturated heterocycles. The van der Waals surface area contributed by atoms with Crippen LogP contribution in [-0.2, 0) is 16.1 Å². The first kappa shape index (κ1) is 13.0. The van der Waals surface area contributed by atoms with Crippen molar-refractivity contribution in [3.63, 3.8) is 0 Å². The van der Waals surface area contributed by atoms with Crippen LogP contribution in [-0.4, -0.2) is 34.3 Å². The van der Waals surface area contributed by atoms with Crippen molar-refractivity contribution in [1.82, 2.24) is 15.2 Å². The summed E-state index contributed by atoms with van der Waals surface area (Å²) in [5.74, 6) is 0.0136. The number of thiazole rings is 1. The summed E-state index contributed by atoms with van der Waals surface area (Å²) < 4.78 is 0. The fraction of sp³-hybridized carbons (Fsp3) is 0.583. The van der Waals surface area contributed by atoms with Crippen molar-refractivity contribution in [2.45, 2.75) is 33.4 Å². The van der Waals surface area contributed by atoms with E-state index in [0.29, 0.717) is 6.54 Å². The molecule has 1 unspecified atom stereocenters. The van der Waals surface area contributed by atoms with Crippen LogP contribution in [0.15, 0.2) is 5.51 Å². The average Bonchev–Trinajstić information content (AvgIpc) is 2.69. The van der Waals surface area contributed by atoms with E-state index < -0.39 is 6.04 Å². The summed E-state index contributed by atoms with van der Waals surface area (Å²) in [5.41, 5.74) is 2.69. The van der Waals surface area contributed by atoms with Crippen LogP contribution in [0.25, 0.3) is 0 Å². The number of nitrogens with zero attached hydrogens (tertiary/aromatic N) is 2. The molecule has 0 spiro atoms. The lowest BCUT2D eigenvalue weighted by atomic mass is 10.0. The highest BCUT2D eigenvalue weighted by Gasteiger charge is 2.34. The number of aryl methyl sites for hydroxylation is 1. The normalized spacial score (nSPS) is 20.4. The number of carbonyl (C=O) groups is 2. The van der Waals surface area contributed by atoms with Gasteiger partial charge in [-0.1, -0.05) is 13.8 Å². The molecule has 5 nitrogen and oxygen atoms in total. The smallest absolute Gasteiger partial charge is 0.246 e. The van der Waals surface area contributed by atoms with E-state index >= 15 is 0 Å². The summed E-state index contributed by atoms with van der Waals surface area (Å²) in [7, 11) is 0. The molecule has 1 N–H and O–H groups in total. The molecule has 2 rings (SSSR count). The largest absolute Gasteiger partial charge is 0.343 e. The van der Waals surface area contributed by atoms with E-state index in [1.807, 2.05) is 20.8 Å². The zero-order chi connectivity index (χ0) is 13.3. The first-order valence-electron chi connectivity index (χ1n) is 5.96. The van der Waals surface area contributed by atoms with Gasteiger partial charge in [0.25, 0.3) is 0 Å². The second kappa shape index (κ2) is 5.06. The lowest BCUT2D eigenvalue weighted by Gasteiger charge is -2.34. The van der Waals surface area contributed by atoms with Crippen molar-refractivity contribution in [3.8, 4) is 0 Å². The van der Waals surface area contributed by atoms with E-state index in [2.05, 4.69) is 10.3 Å². The highest BCUT2D eigenvalue weighted by molar-refractivity contribution is 7.09. The molecular weight excluding hydrogens is 250 g/mol. The van der Waals surface area contributed by atoms with Crippen molar-refractivity contribution in [1.29, 1.82) is 0 Å². The topological polar surface area (TPSA) is 62.3 Å². The highest BCUT2D eigenvalue weighted by atomic mass is 32.1. The predicted molar refractivity (Wildman–Crippen MR) is 69.0 cm³/mol. The summed E-state index contributed by atoms with van der Waals surface area (Å²) in [5, 5.41) is 2.75. The molecule has 98 valence electrons. The van der Waals surface area contributed by atoms with E-state index in [4.69, 9.17) is 0 Å². The van der Waals surface area contributed by atoms with Crippen molar-refractivity contribution in [3.05, 3.63) is 16.1 Å². The average molecular weight is 267 g/mol. The maximum Gasteiger partial charge on any atom is 0.246 e. The molecule has 1 atom stereocenters. The number of hydrogen-bond donors (Lipinski definition) is 1. The van der Waals surface area contributed by atoms with Gasteiger partial charge in [0.1, 0.15) is 6.04 Å². The summed E-state index contributed by atoms with van der Waals surface area (Å²) in [6.45, 7) is 6.40. The Balaban J connectivity index is 2.14. The molecule has 1 aromatic heterocycles. The molecule has 1 aromatic rings. The van der Waals surface area contributed by atoms with Crippen LogP contribution in [0, 0.1) is 12.8 Å². The molecular formula is C12H17N3O2S. The van der Waals surface area contributed by atoms with E-state index in [-0.39, 0.29) is 24.3 Å². The zero-order valence-electron chi connectivity index (χ0n) is 10.8. The third-order valence-corrected chi connectivity index (χ3v) is 3.99. The molecule has 0 bridgehead atoms. The Morgan fingerprint density at radius 3 is 2.83 bits per heavy atom. The Kier molecular flexibility index (Phi) is 3.65. The maximum absolute atomic E-state index is 12.2. The fourth-order valence-electron chi connectivity index (χ4n) is 1.97. The maximum atomic E-state index is 12.2. The van der Waals surface area contributed by atoms with Gasteiger partial charge < -0.3 is 10.2 Å². The van der Waals surface area contributed by atoms with Gasteiger partial charge in [-0.3, -0.25) is 9.59 Å². The molecule has 0 saturated carbocycles. The molecule has 6 heteroatoms. The Hall–Kier alpha value is -1.43. The number of rotatable bonds is 3. The van der Waals surface area contributed by atoms with E-state index in [1.54, 1.807) is 10.4 Å². The van der Waals surface area contributed by atoms with Gasteiger partial charge in [-0.25, -0.2) is 4.98 Å². The molecule has 1 fully saturated rings. The van der Waals surface area contributed by atoms with Gasteiger partial charge in [-0.15, -0.1) is 11.3 Å². The summed E-state index contributed by atoms with van der Waals surface area (Å²) in [4.78, 5) is 30.7. The lowest BCUT2D eigenvalue weighted by molar-refractivity contribution is -0.146. The lowest BCUT2D eigenvalue weighted by Crippen LogP contribution is -2.59. The molecule has 0 aliphatic carbocycles. The SMILES string of the molecule is Cc1ncsc1CN1CC(=O)NC(C(C)C)C1=O. The number of piperazine rings is 1. The van der Waals surface area contributed by atoms with Crippen LogP contribution >= 0.6 is 11.3 Å². The van der Waals surface area contributed by atoms with Gasteiger partial charge >= 0.3 is 0 Å². The molecule has 0 radical (unpaired) electrons. The van der Waals surface area contributed by atoms with Crippen LogP contribution in [0.4, 0.5) is 0 Å². The number of carbonyl (C=O) groups excluding carboxylic acids is 2. The molecule has 1 aliphatic heterocycles. The number of nitrogens with one attached hydrogen (secondary N) is 1. The van der Waals surface area contributed by atoms with Crippen LogP contribution in [0.3, 0.4) is 0 Å². The van der Waals surface area contributed by atoms with Crippen molar-refractivity contribution < 1.29 is 9.59 Å². The van der Waals surface area contributed by atoms with Gasteiger partial charge in [0.05, 0.1) is 24.3 Å². The van der Waals surface area contributed by atoms with Crippen molar-refractivity contribution >= 4 is 23.2 Å². The van der Waals surface area contributed by atoms with Crippen LogP contribution in [0.1, 0.15) is 24.4 Å². The quantitative estimate of drug-likeness (QED) is 0.886. The van der Waals surface area contributed by atoms with Crippen LogP contribution in [0.5, 0.6) is 0 Å². The Labute approximate surface area is 110 Å². The van der Waals surface area contributed by atoms with Crippen LogP contribution < -0.4 is 5.32 Å². The van der Waals surface area contributed by atoms with E-state index in [9.17, 15) is 9.59 Å². The molecule has 2 amide bonds. The monoisotopic (exact) mass is 267 g/mol. The predicted octanol–water partition coefficient (Wildman–Crippen LogP) is 0.935. The zero-order valence-corrected chi connectivity index (χ0v) is 11.6.